The Morgan fingerprint density at radius 1 is 1.04 bits per heavy atom. The maximum atomic E-state index is 15.2. The lowest BCUT2D eigenvalue weighted by Gasteiger charge is -2.41. The Morgan fingerprint density at radius 2 is 1.72 bits per heavy atom. The molecule has 1 atom stereocenters. The molecule has 7 rings (SSSR count). The molecule has 4 heterocycles. The first-order chi connectivity index (χ1) is 22.0. The van der Waals surface area contributed by atoms with Crippen LogP contribution in [-0.2, 0) is 4.74 Å². The van der Waals surface area contributed by atoms with E-state index in [4.69, 9.17) is 9.72 Å². The van der Waals surface area contributed by atoms with E-state index in [0.29, 0.717) is 36.5 Å². The second kappa shape index (κ2) is 11.2. The Hall–Kier alpha value is -4.92. The quantitative estimate of drug-likeness (QED) is 0.285. The number of anilines is 1. The monoisotopic (exact) mass is 622 g/mol. The minimum atomic E-state index is -0.630. The smallest absolute Gasteiger partial charge is 0.410 e. The fourth-order valence-corrected chi connectivity index (χ4v) is 6.21. The van der Waals surface area contributed by atoms with Gasteiger partial charge in [-0.05, 0) is 71.6 Å². The first-order valence-electron chi connectivity index (χ1n) is 15.8. The van der Waals surface area contributed by atoms with E-state index >= 15 is 4.39 Å². The van der Waals surface area contributed by atoms with Crippen molar-refractivity contribution in [1.82, 2.24) is 29.4 Å². The van der Waals surface area contributed by atoms with E-state index < -0.39 is 23.2 Å². The second-order valence-electron chi connectivity index (χ2n) is 13.4. The lowest BCUT2D eigenvalue weighted by Crippen LogP contribution is -2.55. The van der Waals surface area contributed by atoms with Crippen LogP contribution in [0.4, 0.5) is 15.0 Å². The van der Waals surface area contributed by atoms with Crippen molar-refractivity contribution in [2.75, 3.05) is 24.5 Å². The molecule has 236 valence electrons. The summed E-state index contributed by atoms with van der Waals surface area (Å²) in [4.78, 5) is 49.6. The topological polar surface area (TPSA) is 130 Å². The van der Waals surface area contributed by atoms with Crippen molar-refractivity contribution in [1.29, 1.82) is 5.26 Å². The summed E-state index contributed by atoms with van der Waals surface area (Å²) in [6, 6.07) is 9.75. The molecular formula is C34H35FN8O3. The van der Waals surface area contributed by atoms with Gasteiger partial charge in [0.15, 0.2) is 5.65 Å². The van der Waals surface area contributed by atoms with Crippen LogP contribution in [0.25, 0.3) is 28.0 Å². The highest BCUT2D eigenvalue weighted by atomic mass is 19.1. The van der Waals surface area contributed by atoms with Crippen LogP contribution < -0.4 is 10.6 Å². The molecule has 2 aliphatic carbocycles. The molecule has 3 aliphatic rings. The molecule has 3 fully saturated rings. The van der Waals surface area contributed by atoms with E-state index in [1.807, 2.05) is 32.6 Å². The third kappa shape index (κ3) is 5.44. The molecule has 12 heteroatoms. The van der Waals surface area contributed by atoms with Crippen molar-refractivity contribution in [3.63, 3.8) is 0 Å². The van der Waals surface area contributed by atoms with Crippen LogP contribution in [0, 0.1) is 17.1 Å². The van der Waals surface area contributed by atoms with Gasteiger partial charge in [-0.1, -0.05) is 12.1 Å². The molecule has 0 radical (unpaired) electrons. The zero-order valence-corrected chi connectivity index (χ0v) is 26.3. The van der Waals surface area contributed by atoms with Gasteiger partial charge in [-0.15, -0.1) is 0 Å². The maximum absolute atomic E-state index is 15.2. The highest BCUT2D eigenvalue weighted by Gasteiger charge is 2.37. The van der Waals surface area contributed by atoms with E-state index in [9.17, 15) is 14.9 Å². The van der Waals surface area contributed by atoms with Crippen molar-refractivity contribution in [3.05, 3.63) is 69.9 Å². The van der Waals surface area contributed by atoms with Crippen LogP contribution >= 0.6 is 0 Å². The molecule has 1 unspecified atom stereocenters. The lowest BCUT2D eigenvalue weighted by atomic mass is 10.0. The molecule has 1 amide bonds. The summed E-state index contributed by atoms with van der Waals surface area (Å²) in [5.41, 5.74) is 1.69. The average Bonchev–Trinajstić information content (AvgIpc) is 3.94. The number of carbonyl (C=O) groups excluding carboxylic acids is 1. The molecule has 46 heavy (non-hydrogen) atoms. The predicted molar refractivity (Wildman–Crippen MR) is 169 cm³/mol. The predicted octanol–water partition coefficient (Wildman–Crippen LogP) is 5.45. The minimum absolute atomic E-state index is 0.138. The van der Waals surface area contributed by atoms with Gasteiger partial charge in [0, 0.05) is 43.1 Å². The number of hydrogen-bond acceptors (Lipinski definition) is 9. The third-order valence-corrected chi connectivity index (χ3v) is 8.68. The van der Waals surface area contributed by atoms with Crippen LogP contribution in [0.3, 0.4) is 0 Å². The number of nitrogens with zero attached hydrogens (tertiary/aromatic N) is 8. The minimum Gasteiger partial charge on any atom is -0.444 e. The number of fused-ring (bicyclic) bond motifs is 1. The molecule has 1 aliphatic heterocycles. The standard InChI is InChI=1S/C34H35FN8O3/c1-19-17-41(33(45)46-34(2,3)4)13-14-42(19)30-24-15-22(16-36)26(23-7-5-6-8-25(23)35)39-31(24)43(32(44)40-30)29-27(20-9-10-20)37-18-38-28(29)21-11-12-21/h5-8,15,18-21H,9-14,17H2,1-4H3. The summed E-state index contributed by atoms with van der Waals surface area (Å²) in [5, 5.41) is 10.7. The third-order valence-electron chi connectivity index (χ3n) is 8.68. The summed E-state index contributed by atoms with van der Waals surface area (Å²) in [6.07, 6.45) is 4.99. The van der Waals surface area contributed by atoms with Crippen molar-refractivity contribution in [3.8, 4) is 23.0 Å². The molecule has 2 saturated carbocycles. The summed E-state index contributed by atoms with van der Waals surface area (Å²) >= 11 is 0. The van der Waals surface area contributed by atoms with E-state index in [0.717, 1.165) is 37.1 Å². The van der Waals surface area contributed by atoms with Gasteiger partial charge in [0.25, 0.3) is 0 Å². The van der Waals surface area contributed by atoms with E-state index in [1.54, 1.807) is 35.5 Å². The Balaban J connectivity index is 1.44. The van der Waals surface area contributed by atoms with Gasteiger partial charge >= 0.3 is 11.8 Å². The Labute approximate surface area is 265 Å². The van der Waals surface area contributed by atoms with E-state index in [-0.39, 0.29) is 40.3 Å². The summed E-state index contributed by atoms with van der Waals surface area (Å²) in [7, 11) is 0. The van der Waals surface area contributed by atoms with E-state index in [2.05, 4.69) is 21.0 Å². The van der Waals surface area contributed by atoms with Gasteiger partial charge in [0.2, 0.25) is 0 Å². The number of benzene rings is 1. The summed E-state index contributed by atoms with van der Waals surface area (Å²) < 4.78 is 22.3. The van der Waals surface area contributed by atoms with Crippen molar-refractivity contribution < 1.29 is 13.9 Å². The van der Waals surface area contributed by atoms with Crippen molar-refractivity contribution >= 4 is 22.9 Å². The van der Waals surface area contributed by atoms with Crippen LogP contribution in [-0.4, -0.2) is 66.8 Å². The molecule has 4 aromatic rings. The Kier molecular flexibility index (Phi) is 7.22. The number of amides is 1. The number of carbonyl (C=O) groups is 1. The molecule has 11 nitrogen and oxygen atoms in total. The molecule has 1 aromatic carbocycles. The summed E-state index contributed by atoms with van der Waals surface area (Å²) in [5.74, 6) is 0.223. The number of aromatic nitrogens is 5. The molecule has 0 N–H and O–H groups in total. The molecule has 3 aromatic heterocycles. The average molecular weight is 623 g/mol. The summed E-state index contributed by atoms with van der Waals surface area (Å²) in [6.45, 7) is 8.49. The zero-order chi connectivity index (χ0) is 32.3. The van der Waals surface area contributed by atoms with Crippen LogP contribution in [0.1, 0.15) is 82.2 Å². The largest absolute Gasteiger partial charge is 0.444 e. The van der Waals surface area contributed by atoms with Gasteiger partial charge in [-0.25, -0.2) is 33.5 Å². The lowest BCUT2D eigenvalue weighted by molar-refractivity contribution is 0.0218. The SMILES string of the molecule is CC1CN(C(=O)OC(C)(C)C)CCN1c1nc(=O)n(-c2c(C3CC3)ncnc2C2CC2)c2nc(-c3ccccc3F)c(C#N)cc12. The number of pyridine rings is 1. The maximum Gasteiger partial charge on any atom is 0.410 e. The fraction of sp³-hybridized carbons (Fsp3) is 0.441. The van der Waals surface area contributed by atoms with Crippen molar-refractivity contribution in [2.45, 2.75) is 76.9 Å². The number of rotatable bonds is 5. The normalized spacial score (nSPS) is 18.5. The fourth-order valence-electron chi connectivity index (χ4n) is 6.21. The van der Waals surface area contributed by atoms with Gasteiger partial charge in [0.1, 0.15) is 29.6 Å². The number of nitriles is 1. The van der Waals surface area contributed by atoms with Gasteiger partial charge < -0.3 is 14.5 Å². The van der Waals surface area contributed by atoms with E-state index in [1.165, 1.54) is 10.6 Å². The van der Waals surface area contributed by atoms with Gasteiger partial charge in [-0.2, -0.15) is 10.2 Å². The number of hydrogen-bond donors (Lipinski definition) is 0. The first-order valence-corrected chi connectivity index (χ1v) is 15.8. The number of piperazine rings is 1. The number of ether oxygens (including phenoxy) is 1. The van der Waals surface area contributed by atoms with Crippen LogP contribution in [0.5, 0.6) is 0 Å². The molecule has 0 spiro atoms. The highest BCUT2D eigenvalue weighted by Crippen LogP contribution is 2.47. The molecular weight excluding hydrogens is 587 g/mol. The molecule has 0 bridgehead atoms. The van der Waals surface area contributed by atoms with Gasteiger partial charge in [-0.3, -0.25) is 0 Å². The number of halogens is 1. The Morgan fingerprint density at radius 3 is 2.30 bits per heavy atom. The highest BCUT2D eigenvalue weighted by molar-refractivity contribution is 5.92. The first kappa shape index (κ1) is 29.8. The second-order valence-corrected chi connectivity index (χ2v) is 13.4. The zero-order valence-electron chi connectivity index (χ0n) is 26.3. The Bertz CT molecular complexity index is 1940. The van der Waals surface area contributed by atoms with Crippen molar-refractivity contribution in [2.24, 2.45) is 0 Å². The van der Waals surface area contributed by atoms with Crippen LogP contribution in [0.2, 0.25) is 0 Å². The van der Waals surface area contributed by atoms with Crippen LogP contribution in [0.15, 0.2) is 41.5 Å². The molecule has 1 saturated heterocycles. The van der Waals surface area contributed by atoms with Gasteiger partial charge in [0.05, 0.1) is 33.7 Å².